The molecule has 1 aromatic carbocycles. The number of fused-ring (bicyclic) bond motifs is 1. The number of benzene rings is 1. The van der Waals surface area contributed by atoms with E-state index in [2.05, 4.69) is 33.8 Å². The van der Waals surface area contributed by atoms with Crippen LogP contribution >= 0.6 is 0 Å². The van der Waals surface area contributed by atoms with Crippen molar-refractivity contribution < 1.29 is 14.3 Å². The van der Waals surface area contributed by atoms with Crippen LogP contribution in [0.4, 0.5) is 0 Å². The summed E-state index contributed by atoms with van der Waals surface area (Å²) in [5, 5.41) is 0. The van der Waals surface area contributed by atoms with Crippen LogP contribution < -0.4 is 9.47 Å². The highest BCUT2D eigenvalue weighted by Gasteiger charge is 2.34. The number of para-hydroxylation sites is 1. The molecule has 132 valence electrons. The first-order valence-corrected chi connectivity index (χ1v) is 9.01. The summed E-state index contributed by atoms with van der Waals surface area (Å²) in [6.07, 6.45) is 1.55. The Morgan fingerprint density at radius 3 is 2.62 bits per heavy atom. The Balaban J connectivity index is 1.71. The van der Waals surface area contributed by atoms with Crippen molar-refractivity contribution in [2.24, 2.45) is 11.8 Å². The van der Waals surface area contributed by atoms with Crippen LogP contribution in [0.5, 0.6) is 11.5 Å². The fourth-order valence-electron chi connectivity index (χ4n) is 4.02. The molecule has 3 atom stereocenters. The molecular formula is C20H29NO3. The Bertz CT molecular complexity index is 615. The van der Waals surface area contributed by atoms with Gasteiger partial charge in [-0.05, 0) is 45.1 Å². The molecule has 0 radical (unpaired) electrons. The highest BCUT2D eigenvalue weighted by atomic mass is 16.5. The molecule has 0 saturated carbocycles. The molecule has 1 saturated heterocycles. The fourth-order valence-corrected chi connectivity index (χ4v) is 4.02. The van der Waals surface area contributed by atoms with E-state index in [1.54, 1.807) is 0 Å². The molecule has 0 unspecified atom stereocenters. The molecule has 4 heteroatoms. The monoisotopic (exact) mass is 331 g/mol. The van der Waals surface area contributed by atoms with E-state index in [0.29, 0.717) is 17.6 Å². The molecule has 0 bridgehead atoms. The van der Waals surface area contributed by atoms with Crippen molar-refractivity contribution in [3.05, 3.63) is 23.8 Å². The number of hydrogen-bond acceptors (Lipinski definition) is 3. The van der Waals surface area contributed by atoms with Crippen LogP contribution in [-0.2, 0) is 11.2 Å². The lowest BCUT2D eigenvalue weighted by molar-refractivity contribution is -0.140. The summed E-state index contributed by atoms with van der Waals surface area (Å²) in [6.45, 7) is 12.1. The van der Waals surface area contributed by atoms with Crippen LogP contribution in [0.15, 0.2) is 18.2 Å². The molecule has 2 aliphatic heterocycles. The molecule has 0 spiro atoms. The highest BCUT2D eigenvalue weighted by molar-refractivity contribution is 5.81. The summed E-state index contributed by atoms with van der Waals surface area (Å²) < 4.78 is 12.1. The van der Waals surface area contributed by atoms with E-state index >= 15 is 0 Å². The van der Waals surface area contributed by atoms with Gasteiger partial charge in [0, 0.05) is 25.1 Å². The smallest absolute Gasteiger partial charge is 0.263 e. The van der Waals surface area contributed by atoms with Gasteiger partial charge >= 0.3 is 0 Å². The van der Waals surface area contributed by atoms with Crippen molar-refractivity contribution >= 4 is 5.91 Å². The van der Waals surface area contributed by atoms with E-state index in [0.717, 1.165) is 30.8 Å². The molecule has 0 aromatic heterocycles. The maximum absolute atomic E-state index is 12.8. The average molecular weight is 331 g/mol. The zero-order chi connectivity index (χ0) is 17.5. The Morgan fingerprint density at radius 2 is 1.96 bits per heavy atom. The Morgan fingerprint density at radius 1 is 1.29 bits per heavy atom. The van der Waals surface area contributed by atoms with Crippen molar-refractivity contribution in [3.63, 3.8) is 0 Å². The number of piperidine rings is 1. The van der Waals surface area contributed by atoms with Gasteiger partial charge in [-0.1, -0.05) is 26.0 Å². The molecule has 3 rings (SSSR count). The lowest BCUT2D eigenvalue weighted by atomic mass is 9.91. The first-order valence-electron chi connectivity index (χ1n) is 9.01. The second kappa shape index (κ2) is 6.30. The molecule has 4 nitrogen and oxygen atoms in total. The van der Waals surface area contributed by atoms with Crippen molar-refractivity contribution in [1.82, 2.24) is 4.90 Å². The summed E-state index contributed by atoms with van der Waals surface area (Å²) >= 11 is 0. The molecule has 1 amide bonds. The molecule has 1 fully saturated rings. The zero-order valence-electron chi connectivity index (χ0n) is 15.5. The molecule has 2 aliphatic rings. The van der Waals surface area contributed by atoms with E-state index in [4.69, 9.17) is 9.47 Å². The van der Waals surface area contributed by atoms with E-state index in [9.17, 15) is 4.79 Å². The molecule has 1 aromatic rings. The van der Waals surface area contributed by atoms with Crippen molar-refractivity contribution in [2.75, 3.05) is 13.1 Å². The number of nitrogens with zero attached hydrogens (tertiary/aromatic N) is 1. The largest absolute Gasteiger partial charge is 0.483 e. The SMILES string of the molecule is C[C@@H]1C[C@@H](C)CN(C(=O)[C@H](C)Oc2cccc3c2OC(C)(C)C3)C1. The van der Waals surface area contributed by atoms with Crippen molar-refractivity contribution in [3.8, 4) is 11.5 Å². The van der Waals surface area contributed by atoms with Gasteiger partial charge in [0.1, 0.15) is 5.60 Å². The van der Waals surface area contributed by atoms with Crippen LogP contribution in [-0.4, -0.2) is 35.6 Å². The van der Waals surface area contributed by atoms with Gasteiger partial charge in [0.2, 0.25) is 0 Å². The van der Waals surface area contributed by atoms with Crippen molar-refractivity contribution in [1.29, 1.82) is 0 Å². The maximum atomic E-state index is 12.8. The molecule has 2 heterocycles. The highest BCUT2D eigenvalue weighted by Crippen LogP contribution is 2.42. The molecule has 0 aliphatic carbocycles. The number of likely N-dealkylation sites (tertiary alicyclic amines) is 1. The third-order valence-corrected chi connectivity index (χ3v) is 4.89. The topological polar surface area (TPSA) is 38.8 Å². The number of carbonyl (C=O) groups is 1. The predicted molar refractivity (Wildman–Crippen MR) is 94.5 cm³/mol. The van der Waals surface area contributed by atoms with Gasteiger partial charge in [0.05, 0.1) is 0 Å². The minimum absolute atomic E-state index is 0.0725. The quantitative estimate of drug-likeness (QED) is 0.848. The normalized spacial score (nSPS) is 26.5. The number of ether oxygens (including phenoxy) is 2. The standard InChI is InChI=1S/C20H29NO3/c1-13-9-14(2)12-21(11-13)19(22)15(3)23-17-8-6-7-16-10-20(4,5)24-18(16)17/h6-8,13-15H,9-12H2,1-5H3/t13-,14-,15+/m1/s1. The third-order valence-electron chi connectivity index (χ3n) is 4.89. The minimum Gasteiger partial charge on any atom is -0.483 e. The lowest BCUT2D eigenvalue weighted by Crippen LogP contribution is -2.47. The van der Waals surface area contributed by atoms with Gasteiger partial charge < -0.3 is 14.4 Å². The van der Waals surface area contributed by atoms with Crippen LogP contribution in [0, 0.1) is 11.8 Å². The summed E-state index contributed by atoms with van der Waals surface area (Å²) in [5.74, 6) is 2.65. The summed E-state index contributed by atoms with van der Waals surface area (Å²) in [5.41, 5.74) is 0.935. The molecular weight excluding hydrogens is 302 g/mol. The van der Waals surface area contributed by atoms with Gasteiger partial charge in [-0.15, -0.1) is 0 Å². The van der Waals surface area contributed by atoms with Gasteiger partial charge in [0.25, 0.3) is 5.91 Å². The molecule has 24 heavy (non-hydrogen) atoms. The number of rotatable bonds is 3. The Labute approximate surface area is 145 Å². The maximum Gasteiger partial charge on any atom is 0.263 e. The van der Waals surface area contributed by atoms with Gasteiger partial charge in [-0.2, -0.15) is 0 Å². The van der Waals surface area contributed by atoms with Gasteiger partial charge in [-0.25, -0.2) is 0 Å². The Kier molecular flexibility index (Phi) is 4.50. The molecule has 0 N–H and O–H groups in total. The number of hydrogen-bond donors (Lipinski definition) is 0. The zero-order valence-corrected chi connectivity index (χ0v) is 15.5. The second-order valence-electron chi connectivity index (χ2n) is 8.23. The van der Waals surface area contributed by atoms with E-state index in [1.165, 1.54) is 6.42 Å². The predicted octanol–water partition coefficient (Wildman–Crippen LogP) is 3.67. The fraction of sp³-hybridized carbons (Fsp3) is 0.650. The Hall–Kier alpha value is -1.71. The van der Waals surface area contributed by atoms with Crippen LogP contribution in [0.1, 0.15) is 46.6 Å². The number of carbonyl (C=O) groups excluding carboxylic acids is 1. The lowest BCUT2D eigenvalue weighted by Gasteiger charge is -2.36. The summed E-state index contributed by atoms with van der Waals surface area (Å²) in [6, 6.07) is 5.93. The van der Waals surface area contributed by atoms with Gasteiger partial charge in [-0.3, -0.25) is 4.79 Å². The van der Waals surface area contributed by atoms with Crippen molar-refractivity contribution in [2.45, 2.75) is 59.2 Å². The summed E-state index contributed by atoms with van der Waals surface area (Å²) in [7, 11) is 0. The number of amides is 1. The van der Waals surface area contributed by atoms with Crippen LogP contribution in [0.25, 0.3) is 0 Å². The minimum atomic E-state index is -0.499. The first kappa shape index (κ1) is 17.1. The van der Waals surface area contributed by atoms with Gasteiger partial charge in [0.15, 0.2) is 17.6 Å². The second-order valence-corrected chi connectivity index (χ2v) is 8.23. The van der Waals surface area contributed by atoms with E-state index < -0.39 is 6.10 Å². The average Bonchev–Trinajstić information content (AvgIpc) is 2.80. The van der Waals surface area contributed by atoms with E-state index in [-0.39, 0.29) is 11.5 Å². The van der Waals surface area contributed by atoms with Crippen LogP contribution in [0.3, 0.4) is 0 Å². The van der Waals surface area contributed by atoms with Crippen LogP contribution in [0.2, 0.25) is 0 Å². The summed E-state index contributed by atoms with van der Waals surface area (Å²) in [4.78, 5) is 14.7. The van der Waals surface area contributed by atoms with E-state index in [1.807, 2.05) is 24.0 Å². The third kappa shape index (κ3) is 3.52. The first-order chi connectivity index (χ1) is 11.2.